The van der Waals surface area contributed by atoms with Gasteiger partial charge < -0.3 is 0 Å². The summed E-state index contributed by atoms with van der Waals surface area (Å²) >= 11 is 0. The Hall–Kier alpha value is 0. The molecule has 1 radical (unpaired) electrons. The van der Waals surface area contributed by atoms with E-state index in [-0.39, 0.29) is 0 Å². The summed E-state index contributed by atoms with van der Waals surface area (Å²) in [5, 5.41) is 0. The van der Waals surface area contributed by atoms with E-state index in [0.29, 0.717) is 0 Å². The molecular weight excluding hydrogens is 228 g/mol. The minimum absolute atomic E-state index is 0.977. The van der Waals surface area contributed by atoms with Gasteiger partial charge in [0.25, 0.3) is 0 Å². The molecule has 0 N–H and O–H groups in total. The van der Waals surface area contributed by atoms with Gasteiger partial charge in [-0.15, -0.1) is 0 Å². The van der Waals surface area contributed by atoms with Crippen LogP contribution in [-0.2, 0) is 0 Å². The Morgan fingerprint density at radius 3 is 1.47 bits per heavy atom. The van der Waals surface area contributed by atoms with E-state index in [1.54, 1.807) is 0 Å². The summed E-state index contributed by atoms with van der Waals surface area (Å²) in [6, 6.07) is 0. The molecule has 0 nitrogen and oxygen atoms in total. The van der Waals surface area contributed by atoms with E-state index in [2.05, 4.69) is 20.8 Å². The molecule has 0 aliphatic rings. The van der Waals surface area contributed by atoms with Gasteiger partial charge in [-0.25, -0.2) is 0 Å². The second-order valence-corrected chi connectivity index (χ2v) is 6.27. The number of unbranched alkanes of at least 4 members (excludes halogenated alkanes) is 9. The van der Waals surface area contributed by atoms with Crippen LogP contribution in [0.25, 0.3) is 0 Å². The molecule has 0 aromatic heterocycles. The molecule has 19 heavy (non-hydrogen) atoms. The van der Waals surface area contributed by atoms with Crippen molar-refractivity contribution in [2.75, 3.05) is 0 Å². The summed E-state index contributed by atoms with van der Waals surface area (Å²) in [7, 11) is 0. The zero-order chi connectivity index (χ0) is 14.2. The molecule has 115 valence electrons. The highest BCUT2D eigenvalue weighted by Crippen LogP contribution is 2.22. The molecule has 0 heterocycles. The molecule has 0 heteroatoms. The standard InChI is InChI=1S/C19H39/c1-4-7-9-11-12-13-15-18-19(16-6-3)17-14-10-8-5-2/h19H,3-18H2,1-2H3. The van der Waals surface area contributed by atoms with Gasteiger partial charge in [-0.1, -0.05) is 117 Å². The highest BCUT2D eigenvalue weighted by atomic mass is 14.1. The third kappa shape index (κ3) is 14.2. The number of rotatable bonds is 15. The largest absolute Gasteiger partial charge is 0.0654 e. The fourth-order valence-corrected chi connectivity index (χ4v) is 2.97. The number of hydrogen-bond acceptors (Lipinski definition) is 0. The quantitative estimate of drug-likeness (QED) is 0.272. The summed E-state index contributed by atoms with van der Waals surface area (Å²) in [6.07, 6.45) is 21.2. The molecule has 0 spiro atoms. The molecule has 0 bridgehead atoms. The summed E-state index contributed by atoms with van der Waals surface area (Å²) in [5.41, 5.74) is 0. The normalized spacial score (nSPS) is 12.8. The van der Waals surface area contributed by atoms with Gasteiger partial charge in [0.2, 0.25) is 0 Å². The molecule has 0 rings (SSSR count). The van der Waals surface area contributed by atoms with Crippen LogP contribution in [0.4, 0.5) is 0 Å². The monoisotopic (exact) mass is 267 g/mol. The second-order valence-electron chi connectivity index (χ2n) is 6.27. The van der Waals surface area contributed by atoms with Crippen molar-refractivity contribution in [1.82, 2.24) is 0 Å². The lowest BCUT2D eigenvalue weighted by atomic mass is 9.91. The lowest BCUT2D eigenvalue weighted by Crippen LogP contribution is -2.00. The summed E-state index contributed by atoms with van der Waals surface area (Å²) < 4.78 is 0. The Kier molecular flexibility index (Phi) is 16.1. The van der Waals surface area contributed by atoms with Crippen LogP contribution >= 0.6 is 0 Å². The predicted octanol–water partition coefficient (Wildman–Crippen LogP) is 7.33. The second kappa shape index (κ2) is 16.1. The van der Waals surface area contributed by atoms with Crippen LogP contribution in [-0.4, -0.2) is 0 Å². The maximum absolute atomic E-state index is 4.05. The molecular formula is C19H39. The Bertz CT molecular complexity index is 150. The fraction of sp³-hybridized carbons (Fsp3) is 0.947. The van der Waals surface area contributed by atoms with Crippen LogP contribution in [0.15, 0.2) is 0 Å². The van der Waals surface area contributed by atoms with Gasteiger partial charge in [0.15, 0.2) is 0 Å². The smallest absolute Gasteiger partial charge is 0.0414 e. The van der Waals surface area contributed by atoms with Crippen molar-refractivity contribution >= 4 is 0 Å². The van der Waals surface area contributed by atoms with Crippen molar-refractivity contribution in [3.05, 3.63) is 6.92 Å². The Balaban J connectivity index is 3.42. The first-order valence-electron chi connectivity index (χ1n) is 9.14. The first-order valence-corrected chi connectivity index (χ1v) is 9.14. The van der Waals surface area contributed by atoms with E-state index in [1.807, 2.05) is 0 Å². The van der Waals surface area contributed by atoms with Crippen molar-refractivity contribution in [1.29, 1.82) is 0 Å². The molecule has 0 aromatic rings. The van der Waals surface area contributed by atoms with Crippen LogP contribution in [0.5, 0.6) is 0 Å². The predicted molar refractivity (Wildman–Crippen MR) is 89.5 cm³/mol. The van der Waals surface area contributed by atoms with E-state index in [9.17, 15) is 0 Å². The maximum atomic E-state index is 4.05. The lowest BCUT2D eigenvalue weighted by Gasteiger charge is -2.15. The Morgan fingerprint density at radius 1 is 0.579 bits per heavy atom. The van der Waals surface area contributed by atoms with Crippen molar-refractivity contribution in [3.8, 4) is 0 Å². The van der Waals surface area contributed by atoms with E-state index in [4.69, 9.17) is 0 Å². The van der Waals surface area contributed by atoms with Gasteiger partial charge in [0.05, 0.1) is 0 Å². The molecule has 1 atom stereocenters. The molecule has 0 aliphatic heterocycles. The molecule has 0 aromatic carbocycles. The van der Waals surface area contributed by atoms with Crippen LogP contribution in [0.1, 0.15) is 110 Å². The van der Waals surface area contributed by atoms with E-state index in [0.717, 1.165) is 12.3 Å². The van der Waals surface area contributed by atoms with E-state index in [1.165, 1.54) is 89.9 Å². The minimum atomic E-state index is 0.977. The van der Waals surface area contributed by atoms with Gasteiger partial charge in [-0.05, 0) is 5.92 Å². The number of hydrogen-bond donors (Lipinski definition) is 0. The zero-order valence-electron chi connectivity index (χ0n) is 13.9. The first-order chi connectivity index (χ1) is 9.35. The molecule has 1 unspecified atom stereocenters. The van der Waals surface area contributed by atoms with Crippen molar-refractivity contribution in [2.45, 2.75) is 110 Å². The van der Waals surface area contributed by atoms with Crippen molar-refractivity contribution < 1.29 is 0 Å². The van der Waals surface area contributed by atoms with Gasteiger partial charge in [-0.3, -0.25) is 0 Å². The maximum Gasteiger partial charge on any atom is -0.0414 e. The highest BCUT2D eigenvalue weighted by molar-refractivity contribution is 4.62. The highest BCUT2D eigenvalue weighted by Gasteiger charge is 2.07. The third-order valence-corrected chi connectivity index (χ3v) is 4.29. The van der Waals surface area contributed by atoms with Crippen LogP contribution in [0, 0.1) is 12.8 Å². The van der Waals surface area contributed by atoms with Gasteiger partial charge in [-0.2, -0.15) is 0 Å². The van der Waals surface area contributed by atoms with Crippen molar-refractivity contribution in [2.24, 2.45) is 5.92 Å². The van der Waals surface area contributed by atoms with Crippen molar-refractivity contribution in [3.63, 3.8) is 0 Å². The molecule has 0 saturated carbocycles. The van der Waals surface area contributed by atoms with Crippen LogP contribution in [0.3, 0.4) is 0 Å². The van der Waals surface area contributed by atoms with Gasteiger partial charge in [0, 0.05) is 0 Å². The molecule has 0 amide bonds. The Morgan fingerprint density at radius 2 is 1.00 bits per heavy atom. The van der Waals surface area contributed by atoms with E-state index < -0.39 is 0 Å². The lowest BCUT2D eigenvalue weighted by molar-refractivity contribution is 0.383. The average molecular weight is 268 g/mol. The molecule has 0 saturated heterocycles. The van der Waals surface area contributed by atoms with Crippen LogP contribution < -0.4 is 0 Å². The first kappa shape index (κ1) is 19.0. The van der Waals surface area contributed by atoms with Crippen LogP contribution in [0.2, 0.25) is 0 Å². The summed E-state index contributed by atoms with van der Waals surface area (Å²) in [6.45, 7) is 8.64. The average Bonchev–Trinajstić information content (AvgIpc) is 2.42. The van der Waals surface area contributed by atoms with E-state index >= 15 is 0 Å². The van der Waals surface area contributed by atoms with Gasteiger partial charge in [0.1, 0.15) is 0 Å². The zero-order valence-corrected chi connectivity index (χ0v) is 13.9. The SMILES string of the molecule is [CH2]CCC(CCCCCC)CCCCCCCCC. The molecule has 0 aliphatic carbocycles. The topological polar surface area (TPSA) is 0 Å². The van der Waals surface area contributed by atoms with Gasteiger partial charge >= 0.3 is 0 Å². The molecule has 0 fully saturated rings. The Labute approximate surface area is 123 Å². The fourth-order valence-electron chi connectivity index (χ4n) is 2.97. The summed E-state index contributed by atoms with van der Waals surface area (Å²) in [4.78, 5) is 0. The third-order valence-electron chi connectivity index (χ3n) is 4.29. The minimum Gasteiger partial charge on any atom is -0.0654 e. The summed E-state index contributed by atoms with van der Waals surface area (Å²) in [5.74, 6) is 0.977.